The van der Waals surface area contributed by atoms with Crippen LogP contribution in [0.15, 0.2) is 29.3 Å². The van der Waals surface area contributed by atoms with Crippen molar-refractivity contribution in [2.24, 2.45) is 23.7 Å². The van der Waals surface area contributed by atoms with Crippen LogP contribution in [0.3, 0.4) is 0 Å². The number of allylic oxidation sites excluding steroid dienone is 2. The summed E-state index contributed by atoms with van der Waals surface area (Å²) in [5.41, 5.74) is 3.79. The van der Waals surface area contributed by atoms with Crippen LogP contribution in [0.25, 0.3) is 0 Å². The number of anilines is 1. The molecule has 4 atom stereocenters. The molecule has 0 aromatic heterocycles. The molecule has 0 radical (unpaired) electrons. The van der Waals surface area contributed by atoms with Crippen LogP contribution in [0.5, 0.6) is 0 Å². The van der Waals surface area contributed by atoms with Gasteiger partial charge < -0.3 is 15.2 Å². The highest BCUT2D eigenvalue weighted by Gasteiger charge is 2.54. The minimum Gasteiger partial charge on any atom is -0.550 e. The molecule has 0 spiro atoms. The maximum absolute atomic E-state index is 12.8. The summed E-state index contributed by atoms with van der Waals surface area (Å²) in [5, 5.41) is 15.1. The number of halogens is 1. The van der Waals surface area contributed by atoms with Crippen molar-refractivity contribution in [3.63, 3.8) is 0 Å². The van der Waals surface area contributed by atoms with Gasteiger partial charge in [-0.2, -0.15) is 0 Å². The molecule has 2 aliphatic rings. The second-order valence-corrected chi connectivity index (χ2v) is 7.48. The minimum atomic E-state index is -1.12. The molecule has 1 N–H and O–H groups in total. The molecule has 2 bridgehead atoms. The molecule has 1 aromatic rings. The van der Waals surface area contributed by atoms with Crippen LogP contribution in [-0.4, -0.2) is 11.9 Å². The highest BCUT2D eigenvalue weighted by Crippen LogP contribution is 2.57. The molecular formula is C19H21ClNO3-. The van der Waals surface area contributed by atoms with Crippen molar-refractivity contribution >= 4 is 29.2 Å². The van der Waals surface area contributed by atoms with Crippen LogP contribution < -0.4 is 10.4 Å². The number of benzene rings is 1. The van der Waals surface area contributed by atoms with Gasteiger partial charge in [0.15, 0.2) is 0 Å². The van der Waals surface area contributed by atoms with Gasteiger partial charge in [-0.05, 0) is 63.1 Å². The molecule has 2 fully saturated rings. The van der Waals surface area contributed by atoms with E-state index in [-0.39, 0.29) is 17.7 Å². The van der Waals surface area contributed by atoms with Gasteiger partial charge in [0.2, 0.25) is 5.91 Å². The average Bonchev–Trinajstić information content (AvgIpc) is 3.06. The van der Waals surface area contributed by atoms with E-state index in [1.54, 1.807) is 12.1 Å². The third-order valence-electron chi connectivity index (χ3n) is 5.43. The number of amides is 1. The van der Waals surface area contributed by atoms with Crippen molar-refractivity contribution in [3.8, 4) is 0 Å². The molecule has 0 heterocycles. The Balaban J connectivity index is 1.89. The maximum Gasteiger partial charge on any atom is 0.228 e. The fraction of sp³-hybridized carbons (Fsp3) is 0.474. The number of carboxylic acid groups (broad SMARTS) is 1. The first-order valence-electron chi connectivity index (χ1n) is 8.26. The predicted molar refractivity (Wildman–Crippen MR) is 91.4 cm³/mol. The van der Waals surface area contributed by atoms with Crippen molar-refractivity contribution in [1.82, 2.24) is 0 Å². The number of rotatable bonds is 3. The number of hydrogen-bond acceptors (Lipinski definition) is 3. The molecule has 0 saturated heterocycles. The first kappa shape index (κ1) is 17.0. The number of nitrogens with one attached hydrogen (secondary N) is 1. The lowest BCUT2D eigenvalue weighted by molar-refractivity contribution is -0.314. The van der Waals surface area contributed by atoms with Gasteiger partial charge in [0.1, 0.15) is 0 Å². The quantitative estimate of drug-likeness (QED) is 0.855. The number of fused-ring (bicyclic) bond motifs is 2. The third kappa shape index (κ3) is 2.73. The summed E-state index contributed by atoms with van der Waals surface area (Å²) in [5.74, 6) is -2.75. The fourth-order valence-electron chi connectivity index (χ4n) is 4.49. The Bertz CT molecular complexity index is 736. The largest absolute Gasteiger partial charge is 0.550 e. The number of hydrogen-bond donors (Lipinski definition) is 1. The number of aliphatic carboxylic acids is 1. The Morgan fingerprint density at radius 3 is 2.33 bits per heavy atom. The fourth-order valence-corrected chi connectivity index (χ4v) is 4.67. The lowest BCUT2D eigenvalue weighted by Gasteiger charge is -2.30. The number of carbonyl (C=O) groups is 2. The van der Waals surface area contributed by atoms with Crippen molar-refractivity contribution in [2.45, 2.75) is 33.6 Å². The van der Waals surface area contributed by atoms with Gasteiger partial charge in [-0.15, -0.1) is 0 Å². The third-order valence-corrected chi connectivity index (χ3v) is 5.84. The summed E-state index contributed by atoms with van der Waals surface area (Å²) in [6.07, 6.45) is 1.69. The smallest absolute Gasteiger partial charge is 0.228 e. The lowest BCUT2D eigenvalue weighted by atomic mass is 9.78. The van der Waals surface area contributed by atoms with E-state index < -0.39 is 17.8 Å². The molecule has 24 heavy (non-hydrogen) atoms. The van der Waals surface area contributed by atoms with Gasteiger partial charge in [-0.1, -0.05) is 28.8 Å². The zero-order valence-corrected chi connectivity index (χ0v) is 14.8. The van der Waals surface area contributed by atoms with Gasteiger partial charge in [-0.25, -0.2) is 0 Å². The Hall–Kier alpha value is -1.81. The summed E-state index contributed by atoms with van der Waals surface area (Å²) >= 11 is 6.10. The number of aryl methyl sites for hydroxylation is 1. The van der Waals surface area contributed by atoms with E-state index in [4.69, 9.17) is 11.6 Å². The molecule has 1 aromatic carbocycles. The molecule has 4 nitrogen and oxygen atoms in total. The van der Waals surface area contributed by atoms with Crippen LogP contribution in [-0.2, 0) is 9.59 Å². The summed E-state index contributed by atoms with van der Waals surface area (Å²) < 4.78 is 0. The molecular weight excluding hydrogens is 326 g/mol. The van der Waals surface area contributed by atoms with Crippen LogP contribution in [0.1, 0.15) is 32.3 Å². The second kappa shape index (κ2) is 6.25. The average molecular weight is 347 g/mol. The summed E-state index contributed by atoms with van der Waals surface area (Å²) in [6.45, 7) is 5.87. The van der Waals surface area contributed by atoms with E-state index in [1.807, 2.05) is 26.8 Å². The zero-order valence-electron chi connectivity index (χ0n) is 14.1. The number of carbonyl (C=O) groups excluding carboxylic acids is 2. The summed E-state index contributed by atoms with van der Waals surface area (Å²) in [6, 6.07) is 5.30. The van der Waals surface area contributed by atoms with Crippen LogP contribution in [0.2, 0.25) is 5.02 Å². The topological polar surface area (TPSA) is 69.2 Å². The van der Waals surface area contributed by atoms with Crippen LogP contribution in [0.4, 0.5) is 5.69 Å². The van der Waals surface area contributed by atoms with Crippen LogP contribution in [0, 0.1) is 30.6 Å². The molecule has 3 rings (SSSR count). The molecule has 0 unspecified atom stereocenters. The molecule has 128 valence electrons. The molecule has 2 aliphatic carbocycles. The summed E-state index contributed by atoms with van der Waals surface area (Å²) in [7, 11) is 0. The van der Waals surface area contributed by atoms with Gasteiger partial charge in [0, 0.05) is 22.6 Å². The molecule has 1 amide bonds. The lowest BCUT2D eigenvalue weighted by Crippen LogP contribution is -2.43. The SMILES string of the molecule is CC(C)=C1[C@H]2CC[C@H]1[C@@H](C(=O)Nc1ccc(C)c(Cl)c1)[C@H]2C(=O)[O-]. The van der Waals surface area contributed by atoms with Gasteiger partial charge in [-0.3, -0.25) is 4.79 Å². The Kier molecular flexibility index (Phi) is 4.43. The van der Waals surface area contributed by atoms with E-state index in [9.17, 15) is 14.7 Å². The molecule has 2 saturated carbocycles. The standard InChI is InChI=1S/C19H22ClNO3/c1-9(2)15-12-6-7-13(15)17(19(23)24)16(12)18(22)21-11-5-4-10(3)14(20)8-11/h4-5,8,12-13,16-17H,6-7H2,1-3H3,(H,21,22)(H,23,24)/p-1/t12-,13-,16-,17+/m1/s1. The Morgan fingerprint density at radius 1 is 1.17 bits per heavy atom. The Morgan fingerprint density at radius 2 is 1.79 bits per heavy atom. The highest BCUT2D eigenvalue weighted by molar-refractivity contribution is 6.31. The first-order valence-corrected chi connectivity index (χ1v) is 8.64. The predicted octanol–water partition coefficient (Wildman–Crippen LogP) is 2.95. The second-order valence-electron chi connectivity index (χ2n) is 7.07. The van der Waals surface area contributed by atoms with Crippen molar-refractivity contribution < 1.29 is 14.7 Å². The first-order chi connectivity index (χ1) is 11.3. The van der Waals surface area contributed by atoms with Gasteiger partial charge in [0.25, 0.3) is 0 Å². The van der Waals surface area contributed by atoms with E-state index >= 15 is 0 Å². The van der Waals surface area contributed by atoms with Gasteiger partial charge >= 0.3 is 0 Å². The molecule has 5 heteroatoms. The monoisotopic (exact) mass is 346 g/mol. The van der Waals surface area contributed by atoms with E-state index in [0.717, 1.165) is 29.6 Å². The van der Waals surface area contributed by atoms with Gasteiger partial charge in [0.05, 0.1) is 5.92 Å². The van der Waals surface area contributed by atoms with E-state index in [2.05, 4.69) is 5.32 Å². The van der Waals surface area contributed by atoms with Crippen molar-refractivity contribution in [2.75, 3.05) is 5.32 Å². The van der Waals surface area contributed by atoms with Crippen molar-refractivity contribution in [3.05, 3.63) is 39.9 Å². The Labute approximate surface area is 146 Å². The zero-order chi connectivity index (χ0) is 17.6. The summed E-state index contributed by atoms with van der Waals surface area (Å²) in [4.78, 5) is 24.5. The van der Waals surface area contributed by atoms with E-state index in [1.165, 1.54) is 0 Å². The number of carboxylic acids is 1. The highest BCUT2D eigenvalue weighted by atomic mass is 35.5. The van der Waals surface area contributed by atoms with E-state index in [0.29, 0.717) is 10.7 Å². The normalized spacial score (nSPS) is 28.1. The van der Waals surface area contributed by atoms with Crippen molar-refractivity contribution in [1.29, 1.82) is 0 Å². The molecule has 0 aliphatic heterocycles. The maximum atomic E-state index is 12.8. The van der Waals surface area contributed by atoms with Crippen LogP contribution >= 0.6 is 11.6 Å². The minimum absolute atomic E-state index is 0.00354.